The van der Waals surface area contributed by atoms with Crippen molar-refractivity contribution in [2.24, 2.45) is 0 Å². The third kappa shape index (κ3) is 2.16. The van der Waals surface area contributed by atoms with Crippen LogP contribution >= 0.6 is 22.9 Å². The van der Waals surface area contributed by atoms with Gasteiger partial charge in [-0.25, -0.2) is 4.98 Å². The van der Waals surface area contributed by atoms with E-state index in [1.54, 1.807) is 35.7 Å². The van der Waals surface area contributed by atoms with Crippen molar-refractivity contribution in [2.75, 3.05) is 0 Å². The summed E-state index contributed by atoms with van der Waals surface area (Å²) < 4.78 is 0. The van der Waals surface area contributed by atoms with E-state index in [-0.39, 0.29) is 0 Å². The second-order valence-corrected chi connectivity index (χ2v) is 5.47. The molecule has 0 N–H and O–H groups in total. The maximum atomic E-state index is 5.94. The number of thiazole rings is 1. The van der Waals surface area contributed by atoms with Crippen molar-refractivity contribution in [3.8, 4) is 0 Å². The molecule has 18 heavy (non-hydrogen) atoms. The minimum atomic E-state index is 0.413. The van der Waals surface area contributed by atoms with Gasteiger partial charge in [-0.1, -0.05) is 16.4 Å². The summed E-state index contributed by atoms with van der Waals surface area (Å²) in [4.78, 5) is 12.2. The second kappa shape index (κ2) is 4.55. The number of halogens is 1. The van der Waals surface area contributed by atoms with Gasteiger partial charge >= 0.3 is 0 Å². The predicted octanol–water partition coefficient (Wildman–Crippen LogP) is 2.48. The molecule has 3 aromatic rings. The molecule has 0 aliphatic rings. The summed E-state index contributed by atoms with van der Waals surface area (Å²) in [6.45, 7) is 2.37. The highest BCUT2D eigenvalue weighted by Crippen LogP contribution is 2.17. The average molecular weight is 281 g/mol. The van der Waals surface area contributed by atoms with Crippen LogP contribution in [0, 0.1) is 6.92 Å². The summed E-state index contributed by atoms with van der Waals surface area (Å²) in [6, 6.07) is 5.35. The van der Waals surface area contributed by atoms with Gasteiger partial charge in [-0.15, -0.1) is 16.4 Å². The van der Waals surface area contributed by atoms with Crippen molar-refractivity contribution in [3.05, 3.63) is 39.3 Å². The Balaban J connectivity index is 1.84. The van der Waals surface area contributed by atoms with Gasteiger partial charge in [0.1, 0.15) is 11.0 Å². The number of hydrogen-bond acceptors (Lipinski definition) is 5. The third-order valence-corrected chi connectivity index (χ3v) is 3.50. The molecule has 0 saturated heterocycles. The lowest BCUT2D eigenvalue weighted by atomic mass is 10.3. The number of aryl methyl sites for hydroxylation is 1. The van der Waals surface area contributed by atoms with Gasteiger partial charge in [0.05, 0.1) is 9.88 Å². The van der Waals surface area contributed by atoms with Crippen LogP contribution < -0.4 is 4.84 Å². The number of aromatic nitrogens is 4. The van der Waals surface area contributed by atoms with Crippen molar-refractivity contribution in [2.45, 2.75) is 13.5 Å². The van der Waals surface area contributed by atoms with E-state index in [4.69, 9.17) is 16.4 Å². The fourth-order valence-electron chi connectivity index (χ4n) is 1.56. The van der Waals surface area contributed by atoms with Gasteiger partial charge in [0.2, 0.25) is 0 Å². The van der Waals surface area contributed by atoms with E-state index >= 15 is 0 Å². The zero-order valence-corrected chi connectivity index (χ0v) is 11.1. The molecule has 0 bridgehead atoms. The highest BCUT2D eigenvalue weighted by Gasteiger charge is 2.07. The summed E-state index contributed by atoms with van der Waals surface area (Å²) in [5.74, 6) is 0. The number of fused-ring (bicyclic) bond motifs is 1. The van der Waals surface area contributed by atoms with Crippen LogP contribution in [-0.2, 0) is 6.61 Å². The molecular weight excluding hydrogens is 272 g/mol. The van der Waals surface area contributed by atoms with Crippen LogP contribution in [0.1, 0.15) is 9.88 Å². The minimum absolute atomic E-state index is 0.413. The molecule has 1 aromatic carbocycles. The second-order valence-electron chi connectivity index (χ2n) is 3.71. The van der Waals surface area contributed by atoms with Gasteiger partial charge in [0.15, 0.2) is 6.61 Å². The zero-order valence-electron chi connectivity index (χ0n) is 9.50. The first kappa shape index (κ1) is 11.4. The van der Waals surface area contributed by atoms with Crippen LogP contribution in [0.25, 0.3) is 11.0 Å². The predicted molar refractivity (Wildman–Crippen MR) is 69.7 cm³/mol. The lowest BCUT2D eigenvalue weighted by molar-refractivity contribution is 0.0767. The monoisotopic (exact) mass is 280 g/mol. The topological polar surface area (TPSA) is 52.8 Å². The van der Waals surface area contributed by atoms with Gasteiger partial charge < -0.3 is 4.84 Å². The van der Waals surface area contributed by atoms with Crippen molar-refractivity contribution in [1.82, 2.24) is 20.1 Å². The zero-order chi connectivity index (χ0) is 12.5. The molecule has 0 radical (unpaired) electrons. The van der Waals surface area contributed by atoms with Crippen LogP contribution in [0.5, 0.6) is 0 Å². The Labute approximate surface area is 112 Å². The highest BCUT2D eigenvalue weighted by molar-refractivity contribution is 7.11. The molecule has 0 aliphatic carbocycles. The Morgan fingerprint density at radius 2 is 2.33 bits per heavy atom. The van der Waals surface area contributed by atoms with E-state index in [0.717, 1.165) is 20.9 Å². The molecule has 0 fully saturated rings. The Hall–Kier alpha value is -1.66. The van der Waals surface area contributed by atoms with E-state index in [9.17, 15) is 0 Å². The molecular formula is C11H9ClN4OS. The smallest absolute Gasteiger partial charge is 0.153 e. The molecule has 7 heteroatoms. The van der Waals surface area contributed by atoms with Crippen LogP contribution in [0.2, 0.25) is 5.02 Å². The SMILES string of the molecule is Cc1ncc(COn2nnc3ccc(Cl)cc32)s1. The Kier molecular flexibility index (Phi) is 2.89. The van der Waals surface area contributed by atoms with E-state index in [1.807, 2.05) is 6.92 Å². The van der Waals surface area contributed by atoms with E-state index in [1.165, 1.54) is 4.85 Å². The highest BCUT2D eigenvalue weighted by atomic mass is 35.5. The molecule has 0 unspecified atom stereocenters. The Bertz CT molecular complexity index is 693. The van der Waals surface area contributed by atoms with Crippen molar-refractivity contribution >= 4 is 34.0 Å². The van der Waals surface area contributed by atoms with Crippen LogP contribution in [0.15, 0.2) is 24.4 Å². The van der Waals surface area contributed by atoms with Crippen molar-refractivity contribution in [1.29, 1.82) is 0 Å². The Morgan fingerprint density at radius 3 is 3.11 bits per heavy atom. The summed E-state index contributed by atoms with van der Waals surface area (Å²) >= 11 is 7.53. The first-order chi connectivity index (χ1) is 8.72. The summed E-state index contributed by atoms with van der Waals surface area (Å²) in [6.07, 6.45) is 1.80. The number of hydrogen-bond donors (Lipinski definition) is 0. The third-order valence-electron chi connectivity index (χ3n) is 2.38. The number of nitrogens with zero attached hydrogens (tertiary/aromatic N) is 4. The van der Waals surface area contributed by atoms with Crippen LogP contribution in [0.4, 0.5) is 0 Å². The molecule has 92 valence electrons. The summed E-state index contributed by atoms with van der Waals surface area (Å²) in [7, 11) is 0. The maximum Gasteiger partial charge on any atom is 0.153 e. The van der Waals surface area contributed by atoms with E-state index in [2.05, 4.69) is 15.3 Å². The van der Waals surface area contributed by atoms with E-state index in [0.29, 0.717) is 11.6 Å². The largest absolute Gasteiger partial charge is 0.389 e. The fourth-order valence-corrected chi connectivity index (χ4v) is 2.43. The molecule has 0 aliphatic heterocycles. The quantitative estimate of drug-likeness (QED) is 0.740. The normalized spacial score (nSPS) is 11.0. The van der Waals surface area contributed by atoms with Crippen LogP contribution in [-0.4, -0.2) is 20.1 Å². The van der Waals surface area contributed by atoms with Gasteiger partial charge in [-0.05, 0) is 30.3 Å². The fraction of sp³-hybridized carbons (Fsp3) is 0.182. The molecule has 0 amide bonds. The van der Waals surface area contributed by atoms with Crippen molar-refractivity contribution in [3.63, 3.8) is 0 Å². The molecule has 0 saturated carbocycles. The average Bonchev–Trinajstić information content (AvgIpc) is 2.93. The number of rotatable bonds is 3. The van der Waals surface area contributed by atoms with Gasteiger partial charge in [-0.3, -0.25) is 0 Å². The number of benzene rings is 1. The van der Waals surface area contributed by atoms with Crippen LogP contribution in [0.3, 0.4) is 0 Å². The molecule has 2 aromatic heterocycles. The summed E-state index contributed by atoms with van der Waals surface area (Å²) in [5.41, 5.74) is 1.50. The molecule has 2 heterocycles. The van der Waals surface area contributed by atoms with Crippen molar-refractivity contribution < 1.29 is 4.84 Å². The first-order valence-electron chi connectivity index (χ1n) is 5.28. The molecule has 3 rings (SSSR count). The van der Waals surface area contributed by atoms with Gasteiger partial charge in [-0.2, -0.15) is 0 Å². The van der Waals surface area contributed by atoms with E-state index < -0.39 is 0 Å². The van der Waals surface area contributed by atoms with Gasteiger partial charge in [0, 0.05) is 11.2 Å². The Morgan fingerprint density at radius 1 is 1.44 bits per heavy atom. The summed E-state index contributed by atoms with van der Waals surface area (Å²) in [5, 5.41) is 9.56. The molecule has 0 atom stereocenters. The molecule has 0 spiro atoms. The van der Waals surface area contributed by atoms with Gasteiger partial charge in [0.25, 0.3) is 0 Å². The molecule has 5 nitrogen and oxygen atoms in total. The lowest BCUT2D eigenvalue weighted by Crippen LogP contribution is -2.12. The first-order valence-corrected chi connectivity index (χ1v) is 6.47. The maximum absolute atomic E-state index is 5.94. The lowest BCUT2D eigenvalue weighted by Gasteiger charge is -2.03. The standard InChI is InChI=1S/C11H9ClN4OS/c1-7-13-5-9(18-7)6-17-16-11-4-8(12)2-3-10(11)14-15-16/h2-5H,6H2,1H3. The minimum Gasteiger partial charge on any atom is -0.389 e.